The fraction of sp³-hybridized carbons (Fsp3) is 0.606. The smallest absolute Gasteiger partial charge is 0.408 e. The van der Waals surface area contributed by atoms with Crippen LogP contribution in [0, 0.1) is 17.3 Å². The lowest BCUT2D eigenvalue weighted by Gasteiger charge is -2.35. The standard InChI is InChI=1S/C33H42F2N4O7/c1-18-24-17-39(25(18)30(41)42)29(40)27(32(2,3)4)38-31(43)46-23-12-7-6-10-19(23)11-8-9-15-33(34,35)26-28(45-24)37-22-16-20(44-5)13-14-21(22)36-26/h6,10,13-14,16,18-19,23-25,27H,7-9,11-12,15,17H2,1-5H3,(H,38,43)(H,41,42). The molecule has 1 fully saturated rings. The van der Waals surface area contributed by atoms with Crippen LogP contribution in [0.15, 0.2) is 30.4 Å². The number of carboxylic acid groups (broad SMARTS) is 1. The predicted octanol–water partition coefficient (Wildman–Crippen LogP) is 5.46. The first kappa shape index (κ1) is 33.3. The Kier molecular flexibility index (Phi) is 9.42. The number of ether oxygens (including phenoxy) is 3. The summed E-state index contributed by atoms with van der Waals surface area (Å²) >= 11 is 0. The molecule has 13 heteroatoms. The van der Waals surface area contributed by atoms with Gasteiger partial charge in [-0.25, -0.2) is 19.6 Å². The summed E-state index contributed by atoms with van der Waals surface area (Å²) in [5.41, 5.74) is -0.990. The van der Waals surface area contributed by atoms with E-state index in [-0.39, 0.29) is 29.9 Å². The lowest BCUT2D eigenvalue weighted by molar-refractivity contribution is -0.151. The summed E-state index contributed by atoms with van der Waals surface area (Å²) in [6.07, 6.45) is 3.48. The summed E-state index contributed by atoms with van der Waals surface area (Å²) in [6.45, 7) is 6.61. The van der Waals surface area contributed by atoms with Gasteiger partial charge >= 0.3 is 12.1 Å². The number of nitrogens with zero attached hydrogens (tertiary/aromatic N) is 3. The van der Waals surface area contributed by atoms with Crippen molar-refractivity contribution in [2.24, 2.45) is 17.3 Å². The van der Waals surface area contributed by atoms with Crippen molar-refractivity contribution in [2.45, 2.75) is 96.4 Å². The molecular formula is C33H42F2N4O7. The van der Waals surface area contributed by atoms with Crippen LogP contribution in [0.3, 0.4) is 0 Å². The molecule has 250 valence electrons. The van der Waals surface area contributed by atoms with Crippen LogP contribution >= 0.6 is 0 Å². The molecule has 2 bridgehead atoms. The number of amides is 2. The quantitative estimate of drug-likeness (QED) is 0.408. The Hall–Kier alpha value is -4.03. The van der Waals surface area contributed by atoms with E-state index in [2.05, 4.69) is 15.3 Å². The Labute approximate surface area is 266 Å². The third-order valence-corrected chi connectivity index (χ3v) is 9.17. The molecule has 0 spiro atoms. The van der Waals surface area contributed by atoms with Crippen LogP contribution in [-0.4, -0.2) is 75.9 Å². The van der Waals surface area contributed by atoms with E-state index in [1.54, 1.807) is 45.9 Å². The van der Waals surface area contributed by atoms with Crippen molar-refractivity contribution in [3.05, 3.63) is 36.0 Å². The second-order valence-corrected chi connectivity index (χ2v) is 13.5. The summed E-state index contributed by atoms with van der Waals surface area (Å²) in [4.78, 5) is 49.7. The number of carboxylic acids is 1. The molecule has 2 amide bonds. The predicted molar refractivity (Wildman–Crippen MR) is 164 cm³/mol. The minimum absolute atomic E-state index is 0.160. The van der Waals surface area contributed by atoms with Gasteiger partial charge in [-0.05, 0) is 43.2 Å². The zero-order valence-corrected chi connectivity index (χ0v) is 26.8. The van der Waals surface area contributed by atoms with Crippen LogP contribution in [0.25, 0.3) is 11.0 Å². The number of alkyl halides is 2. The first-order chi connectivity index (χ1) is 21.7. The number of carbonyl (C=O) groups excluding carboxylic acids is 2. The Bertz CT molecular complexity index is 1510. The van der Waals surface area contributed by atoms with Gasteiger partial charge in [-0.1, -0.05) is 46.3 Å². The van der Waals surface area contributed by atoms with Crippen molar-refractivity contribution in [1.29, 1.82) is 0 Å². The molecule has 2 N–H and O–H groups in total. The lowest BCUT2D eigenvalue weighted by atomic mass is 9.85. The number of halogens is 2. The molecule has 11 nitrogen and oxygen atoms in total. The highest BCUT2D eigenvalue weighted by Gasteiger charge is 2.51. The Balaban J connectivity index is 1.59. The summed E-state index contributed by atoms with van der Waals surface area (Å²) in [5.74, 6) is -6.34. The highest BCUT2D eigenvalue weighted by Crippen LogP contribution is 2.41. The molecule has 6 atom stereocenters. The molecule has 1 aliphatic carbocycles. The summed E-state index contributed by atoms with van der Waals surface area (Å²) < 4.78 is 49.3. The summed E-state index contributed by atoms with van der Waals surface area (Å²) in [5, 5.41) is 12.9. The molecule has 1 aromatic heterocycles. The minimum atomic E-state index is -3.43. The molecule has 46 heavy (non-hydrogen) atoms. The van der Waals surface area contributed by atoms with Crippen LogP contribution in [0.5, 0.6) is 11.6 Å². The van der Waals surface area contributed by atoms with Gasteiger partial charge in [0, 0.05) is 24.3 Å². The zero-order valence-electron chi connectivity index (χ0n) is 26.8. The third kappa shape index (κ3) is 6.87. The van der Waals surface area contributed by atoms with Crippen LogP contribution in [-0.2, 0) is 20.2 Å². The van der Waals surface area contributed by atoms with E-state index in [1.807, 2.05) is 12.2 Å². The first-order valence-corrected chi connectivity index (χ1v) is 15.8. The van der Waals surface area contributed by atoms with Gasteiger partial charge in [-0.15, -0.1) is 0 Å². The number of aromatic nitrogens is 2. The number of methoxy groups -OCH3 is 1. The van der Waals surface area contributed by atoms with Gasteiger partial charge in [0.05, 0.1) is 24.7 Å². The molecule has 0 radical (unpaired) electrons. The van der Waals surface area contributed by atoms with Crippen LogP contribution in [0.1, 0.15) is 71.9 Å². The van der Waals surface area contributed by atoms with Crippen LogP contribution < -0.4 is 14.8 Å². The maximum Gasteiger partial charge on any atom is 0.408 e. The Morgan fingerprint density at radius 3 is 2.57 bits per heavy atom. The van der Waals surface area contributed by atoms with E-state index < -0.39 is 77.5 Å². The second-order valence-electron chi connectivity index (χ2n) is 13.5. The number of carbonyl (C=O) groups is 3. The van der Waals surface area contributed by atoms with Gasteiger partial charge < -0.3 is 29.5 Å². The van der Waals surface area contributed by atoms with Crippen molar-refractivity contribution in [1.82, 2.24) is 20.2 Å². The Morgan fingerprint density at radius 2 is 1.87 bits per heavy atom. The van der Waals surface area contributed by atoms with Crippen molar-refractivity contribution in [3.63, 3.8) is 0 Å². The largest absolute Gasteiger partial charge is 0.497 e. The van der Waals surface area contributed by atoms with Crippen molar-refractivity contribution >= 4 is 29.0 Å². The molecule has 0 saturated carbocycles. The number of benzene rings is 1. The number of nitrogens with one attached hydrogen (secondary N) is 1. The normalized spacial score (nSPS) is 29.0. The van der Waals surface area contributed by atoms with Crippen LogP contribution in [0.4, 0.5) is 13.6 Å². The minimum Gasteiger partial charge on any atom is -0.497 e. The van der Waals surface area contributed by atoms with Gasteiger partial charge in [0.25, 0.3) is 5.92 Å². The summed E-state index contributed by atoms with van der Waals surface area (Å²) in [6, 6.07) is 2.20. The molecule has 2 aliphatic heterocycles. The van der Waals surface area contributed by atoms with Gasteiger partial charge in [-0.3, -0.25) is 4.79 Å². The maximum atomic E-state index is 16.0. The molecule has 3 aliphatic rings. The highest BCUT2D eigenvalue weighted by molar-refractivity contribution is 5.90. The SMILES string of the molecule is COc1ccc2nc3c(nc2c1)OC1CN(C(=O)C(C(C)(C)C)NC(=O)OC2CCC=CC2CCCCC3(F)F)C(C(=O)O)C1C. The number of alkyl carbamates (subject to hydrolysis) is 1. The fourth-order valence-electron chi connectivity index (χ4n) is 6.55. The van der Waals surface area contributed by atoms with E-state index in [9.17, 15) is 19.5 Å². The fourth-order valence-corrected chi connectivity index (χ4v) is 6.55. The molecule has 5 rings (SSSR count). The van der Waals surface area contributed by atoms with E-state index in [1.165, 1.54) is 7.11 Å². The van der Waals surface area contributed by atoms with Crippen molar-refractivity contribution < 1.29 is 42.5 Å². The monoisotopic (exact) mass is 644 g/mol. The highest BCUT2D eigenvalue weighted by atomic mass is 19.3. The molecule has 3 heterocycles. The second kappa shape index (κ2) is 13.0. The van der Waals surface area contributed by atoms with Gasteiger partial charge in [0.1, 0.15) is 30.0 Å². The number of fused-ring (bicyclic) bond motifs is 5. The van der Waals surface area contributed by atoms with E-state index in [4.69, 9.17) is 14.2 Å². The summed E-state index contributed by atoms with van der Waals surface area (Å²) in [7, 11) is 1.47. The molecule has 2 aromatic rings. The zero-order chi connectivity index (χ0) is 33.4. The van der Waals surface area contributed by atoms with Gasteiger partial charge in [-0.2, -0.15) is 8.78 Å². The average molecular weight is 645 g/mol. The topological polar surface area (TPSA) is 140 Å². The third-order valence-electron chi connectivity index (χ3n) is 9.17. The average Bonchev–Trinajstić information content (AvgIpc) is 3.32. The van der Waals surface area contributed by atoms with E-state index >= 15 is 8.78 Å². The van der Waals surface area contributed by atoms with Crippen LogP contribution in [0.2, 0.25) is 0 Å². The van der Waals surface area contributed by atoms with E-state index in [0.717, 1.165) is 4.90 Å². The molecule has 1 saturated heterocycles. The number of hydrogen-bond acceptors (Lipinski definition) is 8. The van der Waals surface area contributed by atoms with Crippen molar-refractivity contribution in [3.8, 4) is 11.6 Å². The lowest BCUT2D eigenvalue weighted by Crippen LogP contribution is -2.57. The van der Waals surface area contributed by atoms with Gasteiger partial charge in [0.2, 0.25) is 11.8 Å². The number of allylic oxidation sites excluding steroid dienone is 1. The van der Waals surface area contributed by atoms with E-state index in [0.29, 0.717) is 31.4 Å². The molecular weight excluding hydrogens is 602 g/mol. The number of rotatable bonds is 2. The molecule has 1 aromatic carbocycles. The Morgan fingerprint density at radius 1 is 1.11 bits per heavy atom. The number of hydrogen-bond donors (Lipinski definition) is 2. The maximum absolute atomic E-state index is 16.0. The first-order valence-electron chi connectivity index (χ1n) is 15.8. The van der Waals surface area contributed by atoms with Crippen molar-refractivity contribution in [2.75, 3.05) is 13.7 Å². The molecule has 6 unspecified atom stereocenters. The number of aliphatic carboxylic acids is 1. The van der Waals surface area contributed by atoms with Gasteiger partial charge in [0.15, 0.2) is 5.69 Å².